The first kappa shape index (κ1) is 16.9. The van der Waals surface area contributed by atoms with Gasteiger partial charge in [-0.05, 0) is 24.3 Å². The summed E-state index contributed by atoms with van der Waals surface area (Å²) in [5.74, 6) is -1.58. The average molecular weight is 334 g/mol. The van der Waals surface area contributed by atoms with Crippen LogP contribution < -0.4 is 20.3 Å². The number of nitrogens with one attached hydrogen (secondary N) is 2. The fraction of sp³-hybridized carbons (Fsp3) is 0.308. The van der Waals surface area contributed by atoms with Gasteiger partial charge in [0, 0.05) is 11.3 Å². The molecule has 10 heteroatoms. The Hall–Kier alpha value is -2.46. The van der Waals surface area contributed by atoms with Crippen molar-refractivity contribution in [1.82, 2.24) is 10.8 Å². The highest BCUT2D eigenvalue weighted by Gasteiger charge is 2.34. The topological polar surface area (TPSA) is 100 Å². The second-order valence-electron chi connectivity index (χ2n) is 4.58. The third-order valence-electron chi connectivity index (χ3n) is 3.08. The van der Waals surface area contributed by atoms with Gasteiger partial charge in [-0.25, -0.2) is 5.48 Å². The molecule has 1 aromatic rings. The first-order valence-electron chi connectivity index (χ1n) is 6.29. The monoisotopic (exact) mass is 334 g/mol. The third-order valence-corrected chi connectivity index (χ3v) is 3.08. The van der Waals surface area contributed by atoms with Crippen molar-refractivity contribution in [1.29, 1.82) is 0 Å². The van der Waals surface area contributed by atoms with E-state index in [2.05, 4.69) is 10.1 Å². The molecule has 23 heavy (non-hydrogen) atoms. The zero-order valence-electron chi connectivity index (χ0n) is 11.7. The first-order valence-corrected chi connectivity index (χ1v) is 6.29. The summed E-state index contributed by atoms with van der Waals surface area (Å²) in [6.45, 7) is 0. The van der Waals surface area contributed by atoms with Gasteiger partial charge in [0.15, 0.2) is 11.5 Å². The zero-order chi connectivity index (χ0) is 17.2. The van der Waals surface area contributed by atoms with E-state index in [4.69, 9.17) is 9.94 Å². The molecule has 126 valence electrons. The smallest absolute Gasteiger partial charge is 0.493 e. The highest BCUT2D eigenvalue weighted by atomic mass is 19.4. The highest BCUT2D eigenvalue weighted by molar-refractivity contribution is 5.86. The van der Waals surface area contributed by atoms with Crippen LogP contribution in [-0.2, 0) is 4.79 Å². The number of ether oxygens (including phenoxy) is 2. The standard InChI is InChI=1S/C13H13F3N2O5/c1-22-9-3-2-6(4-10(9)23-13(14,15)16)7-5-8(19)11(17-7)12(20)18-21/h2-5,8,11,17,19,21H,1H3,(H,18,20). The minimum Gasteiger partial charge on any atom is -0.493 e. The third kappa shape index (κ3) is 3.85. The molecule has 2 rings (SSSR count). The molecule has 1 aromatic carbocycles. The molecule has 0 saturated carbocycles. The number of hydrogen-bond donors (Lipinski definition) is 4. The summed E-state index contributed by atoms with van der Waals surface area (Å²) < 4.78 is 45.9. The Morgan fingerprint density at radius 2 is 2.04 bits per heavy atom. The predicted octanol–water partition coefficient (Wildman–Crippen LogP) is 0.773. The maximum Gasteiger partial charge on any atom is 0.573 e. The van der Waals surface area contributed by atoms with Crippen molar-refractivity contribution < 1.29 is 37.8 Å². The molecule has 0 spiro atoms. The van der Waals surface area contributed by atoms with Gasteiger partial charge in [0.05, 0.1) is 7.11 Å². The number of amides is 1. The Morgan fingerprint density at radius 3 is 2.61 bits per heavy atom. The lowest BCUT2D eigenvalue weighted by atomic mass is 10.1. The van der Waals surface area contributed by atoms with E-state index in [-0.39, 0.29) is 17.0 Å². The highest BCUT2D eigenvalue weighted by Crippen LogP contribution is 2.35. The number of benzene rings is 1. The quantitative estimate of drug-likeness (QED) is 0.479. The van der Waals surface area contributed by atoms with Crippen molar-refractivity contribution in [3.05, 3.63) is 29.8 Å². The van der Waals surface area contributed by atoms with Crippen LogP contribution in [0.1, 0.15) is 5.56 Å². The van der Waals surface area contributed by atoms with Crippen molar-refractivity contribution in [3.8, 4) is 11.5 Å². The summed E-state index contributed by atoms with van der Waals surface area (Å²) in [5.41, 5.74) is 1.82. The van der Waals surface area contributed by atoms with E-state index in [1.54, 1.807) is 0 Å². The SMILES string of the molecule is COc1ccc(C2=CC(O)C(C(=O)NO)N2)cc1OC(F)(F)F. The van der Waals surface area contributed by atoms with Crippen molar-refractivity contribution in [2.75, 3.05) is 7.11 Å². The fourth-order valence-corrected chi connectivity index (χ4v) is 2.09. The van der Waals surface area contributed by atoms with E-state index in [1.165, 1.54) is 30.8 Å². The molecule has 1 aliphatic rings. The summed E-state index contributed by atoms with van der Waals surface area (Å²) >= 11 is 0. The van der Waals surface area contributed by atoms with Crippen LogP contribution in [0.15, 0.2) is 24.3 Å². The molecule has 0 aromatic heterocycles. The number of methoxy groups -OCH3 is 1. The average Bonchev–Trinajstić information content (AvgIpc) is 2.86. The molecular formula is C13H13F3N2O5. The molecule has 2 atom stereocenters. The van der Waals surface area contributed by atoms with E-state index in [0.717, 1.165) is 6.07 Å². The van der Waals surface area contributed by atoms with Gasteiger partial charge in [-0.2, -0.15) is 0 Å². The van der Waals surface area contributed by atoms with Crippen LogP contribution >= 0.6 is 0 Å². The number of carbonyl (C=O) groups is 1. The zero-order valence-corrected chi connectivity index (χ0v) is 11.7. The molecule has 1 heterocycles. The van der Waals surface area contributed by atoms with Crippen LogP contribution in [0.5, 0.6) is 11.5 Å². The number of halogens is 3. The second kappa shape index (κ2) is 6.34. The summed E-state index contributed by atoms with van der Waals surface area (Å²) in [4.78, 5) is 11.3. The van der Waals surface area contributed by atoms with Crippen molar-refractivity contribution in [2.24, 2.45) is 0 Å². The molecule has 0 saturated heterocycles. The lowest BCUT2D eigenvalue weighted by molar-refractivity contribution is -0.275. The molecule has 1 amide bonds. The van der Waals surface area contributed by atoms with E-state index in [0.29, 0.717) is 0 Å². The molecule has 0 aliphatic carbocycles. The number of hydrogen-bond acceptors (Lipinski definition) is 6. The maximum atomic E-state index is 12.4. The van der Waals surface area contributed by atoms with E-state index < -0.39 is 30.2 Å². The summed E-state index contributed by atoms with van der Waals surface area (Å²) in [7, 11) is 1.19. The summed E-state index contributed by atoms with van der Waals surface area (Å²) in [5, 5.41) is 20.9. The van der Waals surface area contributed by atoms with Crippen molar-refractivity contribution in [3.63, 3.8) is 0 Å². The van der Waals surface area contributed by atoms with Crippen molar-refractivity contribution >= 4 is 11.6 Å². The fourth-order valence-electron chi connectivity index (χ4n) is 2.09. The van der Waals surface area contributed by atoms with E-state index in [1.807, 2.05) is 0 Å². The maximum absolute atomic E-state index is 12.4. The van der Waals surface area contributed by atoms with Crippen LogP contribution in [0.3, 0.4) is 0 Å². The molecular weight excluding hydrogens is 321 g/mol. The van der Waals surface area contributed by atoms with Crippen LogP contribution in [0.25, 0.3) is 5.70 Å². The van der Waals surface area contributed by atoms with Gasteiger partial charge in [-0.3, -0.25) is 10.0 Å². The Bertz CT molecular complexity index is 633. The van der Waals surface area contributed by atoms with Gasteiger partial charge in [-0.15, -0.1) is 13.2 Å². The van der Waals surface area contributed by atoms with E-state index in [9.17, 15) is 23.1 Å². The number of rotatable bonds is 4. The largest absolute Gasteiger partial charge is 0.573 e. The number of hydroxylamine groups is 1. The minimum absolute atomic E-state index is 0.130. The lowest BCUT2D eigenvalue weighted by Gasteiger charge is -2.16. The second-order valence-corrected chi connectivity index (χ2v) is 4.58. The number of carbonyl (C=O) groups excluding carboxylic acids is 1. The van der Waals surface area contributed by atoms with Crippen LogP contribution in [0.4, 0.5) is 13.2 Å². The van der Waals surface area contributed by atoms with Crippen LogP contribution in [0, 0.1) is 0 Å². The molecule has 1 aliphatic heterocycles. The van der Waals surface area contributed by atoms with Gasteiger partial charge in [-0.1, -0.05) is 0 Å². The molecule has 2 unspecified atom stereocenters. The predicted molar refractivity (Wildman–Crippen MR) is 70.5 cm³/mol. The Labute approximate surface area is 128 Å². The number of aliphatic hydroxyl groups is 1. The lowest BCUT2D eigenvalue weighted by Crippen LogP contribution is -2.45. The Morgan fingerprint density at radius 1 is 1.35 bits per heavy atom. The Kier molecular flexibility index (Phi) is 4.66. The molecule has 0 bridgehead atoms. The van der Waals surface area contributed by atoms with Crippen LogP contribution in [0.2, 0.25) is 0 Å². The van der Waals surface area contributed by atoms with Crippen molar-refractivity contribution in [2.45, 2.75) is 18.5 Å². The number of aliphatic hydroxyl groups excluding tert-OH is 1. The van der Waals surface area contributed by atoms with Crippen LogP contribution in [-0.4, -0.2) is 41.8 Å². The summed E-state index contributed by atoms with van der Waals surface area (Å²) in [6.07, 6.45) is -4.92. The molecule has 4 N–H and O–H groups in total. The molecule has 0 fully saturated rings. The van der Waals surface area contributed by atoms with Gasteiger partial charge >= 0.3 is 6.36 Å². The number of alkyl halides is 3. The molecule has 7 nitrogen and oxygen atoms in total. The first-order chi connectivity index (χ1) is 10.7. The van der Waals surface area contributed by atoms with Gasteiger partial charge in [0.1, 0.15) is 12.1 Å². The molecule has 0 radical (unpaired) electrons. The minimum atomic E-state index is -4.90. The van der Waals surface area contributed by atoms with Gasteiger partial charge in [0.25, 0.3) is 5.91 Å². The van der Waals surface area contributed by atoms with Gasteiger partial charge in [0.2, 0.25) is 0 Å². The normalized spacial score (nSPS) is 20.5. The summed E-state index contributed by atoms with van der Waals surface area (Å²) in [6, 6.07) is 2.57. The van der Waals surface area contributed by atoms with Gasteiger partial charge < -0.3 is 19.9 Å². The van der Waals surface area contributed by atoms with E-state index >= 15 is 0 Å². The Balaban J connectivity index is 2.29.